The number of nitro benzene ring substituents is 1. The largest absolute Gasteiger partial charge is 0.378 e. The highest BCUT2D eigenvalue weighted by molar-refractivity contribution is 5.99. The first-order chi connectivity index (χ1) is 13.1. The number of non-ortho nitro benzene ring substituents is 1. The summed E-state index contributed by atoms with van der Waals surface area (Å²) >= 11 is 0. The Hall–Kier alpha value is -3.74. The van der Waals surface area contributed by atoms with Gasteiger partial charge in [0.15, 0.2) is 0 Å². The molecule has 7 heteroatoms. The molecule has 0 aliphatic heterocycles. The van der Waals surface area contributed by atoms with E-state index in [4.69, 9.17) is 0 Å². The molecule has 4 aromatic rings. The van der Waals surface area contributed by atoms with Crippen molar-refractivity contribution >= 4 is 22.1 Å². The number of fused-ring (bicyclic) bond motifs is 1. The summed E-state index contributed by atoms with van der Waals surface area (Å²) in [6.45, 7) is 2.05. The van der Waals surface area contributed by atoms with Crippen molar-refractivity contribution < 1.29 is 4.92 Å². The highest BCUT2D eigenvalue weighted by atomic mass is 16.6. The molecule has 2 aromatic carbocycles. The van der Waals surface area contributed by atoms with Crippen LogP contribution in [-0.4, -0.2) is 19.7 Å². The summed E-state index contributed by atoms with van der Waals surface area (Å²) in [5, 5.41) is 20.4. The van der Waals surface area contributed by atoms with Crippen molar-refractivity contribution in [2.75, 3.05) is 5.32 Å². The maximum Gasteiger partial charge on any atom is 0.278 e. The van der Waals surface area contributed by atoms with E-state index in [0.29, 0.717) is 5.39 Å². The predicted molar refractivity (Wildman–Crippen MR) is 104 cm³/mol. The van der Waals surface area contributed by atoms with E-state index in [1.165, 1.54) is 12.3 Å². The van der Waals surface area contributed by atoms with Gasteiger partial charge in [-0.15, -0.1) is 0 Å². The van der Waals surface area contributed by atoms with Crippen LogP contribution in [0.5, 0.6) is 0 Å². The molecule has 134 valence electrons. The second-order valence-corrected chi connectivity index (χ2v) is 6.19. The molecule has 2 heterocycles. The van der Waals surface area contributed by atoms with Gasteiger partial charge in [-0.25, -0.2) is 4.68 Å². The number of anilines is 1. The van der Waals surface area contributed by atoms with Crippen molar-refractivity contribution in [1.82, 2.24) is 14.8 Å². The molecular formula is C20H17N5O2. The van der Waals surface area contributed by atoms with Gasteiger partial charge in [0.25, 0.3) is 5.69 Å². The number of nitrogens with one attached hydrogen (secondary N) is 1. The van der Waals surface area contributed by atoms with Crippen LogP contribution in [0.2, 0.25) is 0 Å². The minimum absolute atomic E-state index is 0.0387. The minimum Gasteiger partial charge on any atom is -0.378 e. The summed E-state index contributed by atoms with van der Waals surface area (Å²) in [5.41, 5.74) is 2.92. The van der Waals surface area contributed by atoms with Crippen molar-refractivity contribution in [2.24, 2.45) is 0 Å². The Balaban J connectivity index is 1.74. The van der Waals surface area contributed by atoms with E-state index >= 15 is 0 Å². The van der Waals surface area contributed by atoms with Crippen LogP contribution in [0.25, 0.3) is 16.5 Å². The van der Waals surface area contributed by atoms with E-state index in [-0.39, 0.29) is 16.7 Å². The third kappa shape index (κ3) is 3.10. The number of rotatable bonds is 5. The van der Waals surface area contributed by atoms with E-state index in [1.54, 1.807) is 24.5 Å². The summed E-state index contributed by atoms with van der Waals surface area (Å²) in [4.78, 5) is 14.9. The van der Waals surface area contributed by atoms with Gasteiger partial charge in [-0.2, -0.15) is 5.10 Å². The van der Waals surface area contributed by atoms with Gasteiger partial charge in [0.1, 0.15) is 0 Å². The molecule has 1 unspecified atom stereocenters. The fraction of sp³-hybridized carbons (Fsp3) is 0.100. The molecule has 2 aromatic heterocycles. The molecular weight excluding hydrogens is 342 g/mol. The van der Waals surface area contributed by atoms with Crippen molar-refractivity contribution in [1.29, 1.82) is 0 Å². The third-order valence-corrected chi connectivity index (χ3v) is 4.52. The summed E-state index contributed by atoms with van der Waals surface area (Å²) in [6, 6.07) is 14.9. The van der Waals surface area contributed by atoms with Crippen molar-refractivity contribution in [3.8, 4) is 5.69 Å². The Morgan fingerprint density at radius 3 is 2.70 bits per heavy atom. The zero-order valence-electron chi connectivity index (χ0n) is 14.6. The number of benzene rings is 2. The maximum atomic E-state index is 11.3. The molecule has 0 bridgehead atoms. The standard InChI is InChI=1S/C20H17N5O2/c1-14(15-5-2-3-6-19(15)24-12-4-10-22-24)23-18-7-8-20(25(26)27)17-13-21-11-9-16(17)18/h2-14,23H,1H3. The number of nitrogens with zero attached hydrogens (tertiary/aromatic N) is 4. The van der Waals surface area contributed by atoms with E-state index in [1.807, 2.05) is 41.2 Å². The van der Waals surface area contributed by atoms with E-state index in [9.17, 15) is 10.1 Å². The molecule has 0 saturated carbocycles. The van der Waals surface area contributed by atoms with Gasteiger partial charge in [-0.3, -0.25) is 15.1 Å². The van der Waals surface area contributed by atoms with Gasteiger partial charge in [0, 0.05) is 41.9 Å². The highest BCUT2D eigenvalue weighted by Gasteiger charge is 2.17. The number of aromatic nitrogens is 3. The fourth-order valence-electron chi connectivity index (χ4n) is 3.24. The van der Waals surface area contributed by atoms with Crippen LogP contribution in [-0.2, 0) is 0 Å². The molecule has 0 amide bonds. The van der Waals surface area contributed by atoms with E-state index in [0.717, 1.165) is 22.3 Å². The molecule has 4 rings (SSSR count). The number of para-hydroxylation sites is 1. The topological polar surface area (TPSA) is 85.9 Å². The Morgan fingerprint density at radius 2 is 1.93 bits per heavy atom. The molecule has 0 saturated heterocycles. The fourth-order valence-corrected chi connectivity index (χ4v) is 3.24. The molecule has 0 aliphatic rings. The summed E-state index contributed by atoms with van der Waals surface area (Å²) < 4.78 is 1.82. The lowest BCUT2D eigenvalue weighted by atomic mass is 10.0. The molecule has 0 aliphatic carbocycles. The monoisotopic (exact) mass is 359 g/mol. The molecule has 0 spiro atoms. The zero-order chi connectivity index (χ0) is 18.8. The summed E-state index contributed by atoms with van der Waals surface area (Å²) in [6.07, 6.45) is 6.81. The number of pyridine rings is 1. The Bertz CT molecular complexity index is 1110. The molecule has 7 nitrogen and oxygen atoms in total. The molecule has 27 heavy (non-hydrogen) atoms. The molecule has 0 radical (unpaired) electrons. The van der Waals surface area contributed by atoms with Gasteiger partial charge < -0.3 is 5.32 Å². The quantitative estimate of drug-likeness (QED) is 0.419. The Morgan fingerprint density at radius 1 is 1.07 bits per heavy atom. The Labute approximate surface area is 155 Å². The van der Waals surface area contributed by atoms with Gasteiger partial charge in [0.2, 0.25) is 0 Å². The van der Waals surface area contributed by atoms with E-state index in [2.05, 4.69) is 22.3 Å². The van der Waals surface area contributed by atoms with Crippen molar-refractivity contribution in [3.05, 3.63) is 89.0 Å². The lowest BCUT2D eigenvalue weighted by molar-refractivity contribution is -0.383. The Kier molecular flexibility index (Phi) is 4.25. The average molecular weight is 359 g/mol. The predicted octanol–water partition coefficient (Wildman–Crippen LogP) is 4.50. The SMILES string of the molecule is CC(Nc1ccc([N+](=O)[O-])c2cnccc12)c1ccccc1-n1cccn1. The minimum atomic E-state index is -0.385. The van der Waals surface area contributed by atoms with Crippen LogP contribution in [0.3, 0.4) is 0 Å². The first kappa shape index (κ1) is 16.7. The second kappa shape index (κ2) is 6.87. The molecule has 1 atom stereocenters. The zero-order valence-corrected chi connectivity index (χ0v) is 14.6. The van der Waals surface area contributed by atoms with Crippen LogP contribution in [0.15, 0.2) is 73.3 Å². The smallest absolute Gasteiger partial charge is 0.278 e. The van der Waals surface area contributed by atoms with Gasteiger partial charge >= 0.3 is 0 Å². The first-order valence-electron chi connectivity index (χ1n) is 8.52. The second-order valence-electron chi connectivity index (χ2n) is 6.19. The van der Waals surface area contributed by atoms with Crippen molar-refractivity contribution in [2.45, 2.75) is 13.0 Å². The summed E-state index contributed by atoms with van der Waals surface area (Å²) in [5.74, 6) is 0. The molecule has 0 fully saturated rings. The number of hydrogen-bond acceptors (Lipinski definition) is 5. The van der Waals surface area contributed by atoms with Crippen LogP contribution in [0, 0.1) is 10.1 Å². The van der Waals surface area contributed by atoms with Crippen molar-refractivity contribution in [3.63, 3.8) is 0 Å². The summed E-state index contributed by atoms with van der Waals surface area (Å²) in [7, 11) is 0. The lowest BCUT2D eigenvalue weighted by Crippen LogP contribution is -2.11. The molecule has 1 N–H and O–H groups in total. The maximum absolute atomic E-state index is 11.3. The van der Waals surface area contributed by atoms with E-state index < -0.39 is 0 Å². The van der Waals surface area contributed by atoms with Gasteiger partial charge in [-0.05, 0) is 36.8 Å². The van der Waals surface area contributed by atoms with Crippen LogP contribution in [0.4, 0.5) is 11.4 Å². The van der Waals surface area contributed by atoms with Gasteiger partial charge in [-0.1, -0.05) is 18.2 Å². The lowest BCUT2D eigenvalue weighted by Gasteiger charge is -2.20. The van der Waals surface area contributed by atoms with Crippen LogP contribution < -0.4 is 5.32 Å². The first-order valence-corrected chi connectivity index (χ1v) is 8.52. The van der Waals surface area contributed by atoms with Gasteiger partial charge in [0.05, 0.1) is 22.0 Å². The number of hydrogen-bond donors (Lipinski definition) is 1. The van der Waals surface area contributed by atoms with Crippen LogP contribution in [0.1, 0.15) is 18.5 Å². The van der Waals surface area contributed by atoms with Crippen LogP contribution >= 0.6 is 0 Å². The average Bonchev–Trinajstić information content (AvgIpc) is 3.22. The number of nitro groups is 1. The third-order valence-electron chi connectivity index (χ3n) is 4.52. The highest BCUT2D eigenvalue weighted by Crippen LogP contribution is 2.33. The normalized spacial score (nSPS) is 12.0.